The van der Waals surface area contributed by atoms with Gasteiger partial charge in [-0.3, -0.25) is 9.59 Å². The normalized spacial score (nSPS) is 12.2. The Bertz CT molecular complexity index is 688. The zero-order valence-electron chi connectivity index (χ0n) is 13.2. The number of ketones is 1. The molecule has 2 aromatic rings. The summed E-state index contributed by atoms with van der Waals surface area (Å²) >= 11 is 3.07. The first-order valence-corrected chi connectivity index (χ1v) is 8.83. The molecule has 6 heteroatoms. The molecule has 0 aliphatic rings. The molecule has 0 saturated heterocycles. The molecule has 0 fully saturated rings. The van der Waals surface area contributed by atoms with Crippen LogP contribution in [-0.2, 0) is 4.79 Å². The molecule has 1 atom stereocenters. The molecule has 22 heavy (non-hydrogen) atoms. The van der Waals surface area contributed by atoms with Crippen LogP contribution in [0.2, 0.25) is 0 Å². The fourth-order valence-electron chi connectivity index (χ4n) is 2.26. The van der Waals surface area contributed by atoms with Crippen LogP contribution in [0.3, 0.4) is 0 Å². The van der Waals surface area contributed by atoms with E-state index in [0.717, 1.165) is 25.3 Å². The summed E-state index contributed by atoms with van der Waals surface area (Å²) in [6.07, 6.45) is 0.468. The smallest absolute Gasteiger partial charge is 0.220 e. The maximum Gasteiger partial charge on any atom is 0.220 e. The van der Waals surface area contributed by atoms with Gasteiger partial charge in [0.1, 0.15) is 0 Å². The van der Waals surface area contributed by atoms with E-state index in [2.05, 4.69) is 10.3 Å². The van der Waals surface area contributed by atoms with Gasteiger partial charge in [0.15, 0.2) is 5.78 Å². The van der Waals surface area contributed by atoms with Crippen LogP contribution in [0.15, 0.2) is 12.1 Å². The second-order valence-corrected chi connectivity index (χ2v) is 7.83. The predicted octanol–water partition coefficient (Wildman–Crippen LogP) is 3.97. The molecule has 0 spiro atoms. The van der Waals surface area contributed by atoms with Crippen LogP contribution in [0.25, 0.3) is 0 Å². The highest BCUT2D eigenvalue weighted by atomic mass is 32.1. The van der Waals surface area contributed by atoms with Crippen molar-refractivity contribution in [2.45, 2.75) is 46.6 Å². The molecule has 0 aromatic carbocycles. The lowest BCUT2D eigenvalue weighted by molar-refractivity contribution is -0.121. The van der Waals surface area contributed by atoms with Crippen molar-refractivity contribution in [3.8, 4) is 0 Å². The summed E-state index contributed by atoms with van der Waals surface area (Å²) in [5.41, 5.74) is 0.959. The Balaban J connectivity index is 1.85. The lowest BCUT2D eigenvalue weighted by Crippen LogP contribution is -2.26. The number of carbonyl (C=O) groups excluding carboxylic acids is 2. The SMILES string of the molecule is Cc1ccc(C(=O)CCC(=O)N[C@@H](C)c2sc(C)nc2C)s1. The number of hydrogen-bond donors (Lipinski definition) is 1. The van der Waals surface area contributed by atoms with E-state index < -0.39 is 0 Å². The van der Waals surface area contributed by atoms with Gasteiger partial charge in [-0.05, 0) is 39.8 Å². The molecular formula is C16H20N2O2S2. The Morgan fingerprint density at radius 2 is 1.91 bits per heavy atom. The molecule has 118 valence electrons. The summed E-state index contributed by atoms with van der Waals surface area (Å²) in [5, 5.41) is 3.94. The zero-order chi connectivity index (χ0) is 16.3. The van der Waals surface area contributed by atoms with Crippen LogP contribution in [0.4, 0.5) is 0 Å². The maximum atomic E-state index is 12.0. The van der Waals surface area contributed by atoms with E-state index in [1.165, 1.54) is 11.3 Å². The molecule has 2 aromatic heterocycles. The number of aromatic nitrogens is 1. The molecule has 0 bridgehead atoms. The molecule has 2 rings (SSSR count). The van der Waals surface area contributed by atoms with E-state index in [9.17, 15) is 9.59 Å². The van der Waals surface area contributed by atoms with Crippen LogP contribution in [-0.4, -0.2) is 16.7 Å². The van der Waals surface area contributed by atoms with Gasteiger partial charge in [0.25, 0.3) is 0 Å². The van der Waals surface area contributed by atoms with E-state index in [-0.39, 0.29) is 30.6 Å². The highest BCUT2D eigenvalue weighted by Crippen LogP contribution is 2.24. The Morgan fingerprint density at radius 3 is 2.45 bits per heavy atom. The van der Waals surface area contributed by atoms with Gasteiger partial charge in [-0.15, -0.1) is 22.7 Å². The van der Waals surface area contributed by atoms with Gasteiger partial charge in [0.05, 0.1) is 21.6 Å². The van der Waals surface area contributed by atoms with Crippen molar-refractivity contribution in [2.24, 2.45) is 0 Å². The van der Waals surface area contributed by atoms with Gasteiger partial charge in [-0.1, -0.05) is 0 Å². The van der Waals surface area contributed by atoms with Crippen LogP contribution in [0.1, 0.15) is 55.9 Å². The minimum absolute atomic E-state index is 0.0331. The summed E-state index contributed by atoms with van der Waals surface area (Å²) in [4.78, 5) is 31.3. The lowest BCUT2D eigenvalue weighted by atomic mass is 10.1. The Morgan fingerprint density at radius 1 is 1.18 bits per heavy atom. The number of nitrogens with zero attached hydrogens (tertiary/aromatic N) is 1. The highest BCUT2D eigenvalue weighted by Gasteiger charge is 2.16. The highest BCUT2D eigenvalue weighted by molar-refractivity contribution is 7.14. The van der Waals surface area contributed by atoms with Crippen molar-refractivity contribution in [1.29, 1.82) is 0 Å². The Kier molecular flexibility index (Phi) is 5.47. The Labute approximate surface area is 138 Å². The van der Waals surface area contributed by atoms with E-state index in [1.54, 1.807) is 11.3 Å². The average molecular weight is 336 g/mol. The summed E-state index contributed by atoms with van der Waals surface area (Å²) in [6.45, 7) is 7.82. The van der Waals surface area contributed by atoms with Crippen molar-refractivity contribution in [2.75, 3.05) is 0 Å². The van der Waals surface area contributed by atoms with Crippen molar-refractivity contribution in [3.63, 3.8) is 0 Å². The van der Waals surface area contributed by atoms with Gasteiger partial charge in [0, 0.05) is 22.6 Å². The number of rotatable bonds is 6. The summed E-state index contributed by atoms with van der Waals surface area (Å²) < 4.78 is 0. The number of amides is 1. The third-order valence-corrected chi connectivity index (χ3v) is 5.60. The summed E-state index contributed by atoms with van der Waals surface area (Å²) in [5.74, 6) is -0.0645. The third kappa shape index (κ3) is 4.24. The van der Waals surface area contributed by atoms with Crippen molar-refractivity contribution >= 4 is 34.4 Å². The molecular weight excluding hydrogens is 316 g/mol. The number of Topliss-reactive ketones (excluding diaryl/α,β-unsaturated/α-hetero) is 1. The number of thiazole rings is 1. The number of aryl methyl sites for hydroxylation is 3. The lowest BCUT2D eigenvalue weighted by Gasteiger charge is -2.12. The van der Waals surface area contributed by atoms with Gasteiger partial charge in [0.2, 0.25) is 5.91 Å². The minimum atomic E-state index is -0.0976. The molecule has 1 amide bonds. The van der Waals surface area contributed by atoms with Crippen molar-refractivity contribution in [3.05, 3.63) is 37.5 Å². The fraction of sp³-hybridized carbons (Fsp3) is 0.438. The molecule has 0 aliphatic heterocycles. The second kappa shape index (κ2) is 7.15. The van der Waals surface area contributed by atoms with E-state index in [1.807, 2.05) is 39.8 Å². The quantitative estimate of drug-likeness (QED) is 0.812. The maximum absolute atomic E-state index is 12.0. The Hall–Kier alpha value is -1.53. The molecule has 0 aliphatic carbocycles. The van der Waals surface area contributed by atoms with E-state index >= 15 is 0 Å². The average Bonchev–Trinajstić information content (AvgIpc) is 3.01. The van der Waals surface area contributed by atoms with Gasteiger partial charge in [-0.2, -0.15) is 0 Å². The van der Waals surface area contributed by atoms with Crippen LogP contribution >= 0.6 is 22.7 Å². The van der Waals surface area contributed by atoms with Gasteiger partial charge in [-0.25, -0.2) is 4.98 Å². The molecule has 2 heterocycles. The fourth-order valence-corrected chi connectivity index (χ4v) is 4.03. The van der Waals surface area contributed by atoms with Crippen molar-refractivity contribution in [1.82, 2.24) is 10.3 Å². The standard InChI is InChI=1S/C16H20N2O2S2/c1-9-5-7-14(21-9)13(19)6-8-15(20)18-11(3)16-10(2)17-12(4)22-16/h5,7,11H,6,8H2,1-4H3,(H,18,20)/t11-/m0/s1. The molecule has 0 radical (unpaired) electrons. The molecule has 0 unspecified atom stereocenters. The number of thiophene rings is 1. The largest absolute Gasteiger partial charge is 0.349 e. The zero-order valence-corrected chi connectivity index (χ0v) is 14.9. The topological polar surface area (TPSA) is 59.1 Å². The first kappa shape index (κ1) is 16.8. The predicted molar refractivity (Wildman–Crippen MR) is 90.8 cm³/mol. The van der Waals surface area contributed by atoms with Crippen LogP contribution in [0.5, 0.6) is 0 Å². The summed E-state index contributed by atoms with van der Waals surface area (Å²) in [7, 11) is 0. The molecule has 1 N–H and O–H groups in total. The van der Waals surface area contributed by atoms with E-state index in [0.29, 0.717) is 0 Å². The van der Waals surface area contributed by atoms with Crippen molar-refractivity contribution < 1.29 is 9.59 Å². The van der Waals surface area contributed by atoms with Gasteiger partial charge < -0.3 is 5.32 Å². The first-order chi connectivity index (χ1) is 10.4. The number of nitrogens with one attached hydrogen (secondary N) is 1. The minimum Gasteiger partial charge on any atom is -0.349 e. The van der Waals surface area contributed by atoms with Gasteiger partial charge >= 0.3 is 0 Å². The molecule has 4 nitrogen and oxygen atoms in total. The molecule has 0 saturated carbocycles. The summed E-state index contributed by atoms with van der Waals surface area (Å²) in [6, 6.07) is 3.68. The van der Waals surface area contributed by atoms with Crippen LogP contribution in [0, 0.1) is 20.8 Å². The van der Waals surface area contributed by atoms with E-state index in [4.69, 9.17) is 0 Å². The number of carbonyl (C=O) groups is 2. The third-order valence-electron chi connectivity index (χ3n) is 3.30. The second-order valence-electron chi connectivity index (χ2n) is 5.31. The van der Waals surface area contributed by atoms with Crippen LogP contribution < -0.4 is 5.32 Å². The monoisotopic (exact) mass is 336 g/mol. The first-order valence-electron chi connectivity index (χ1n) is 7.19. The number of hydrogen-bond acceptors (Lipinski definition) is 5.